The van der Waals surface area contributed by atoms with Crippen LogP contribution < -0.4 is 15.0 Å². The van der Waals surface area contributed by atoms with Crippen molar-refractivity contribution in [3.8, 4) is 22.8 Å². The van der Waals surface area contributed by atoms with E-state index in [4.69, 9.17) is 9.47 Å². The van der Waals surface area contributed by atoms with Gasteiger partial charge < -0.3 is 14.4 Å². The molecule has 2 aliphatic rings. The Morgan fingerprint density at radius 1 is 0.969 bits per heavy atom. The standard InChI is InChI=1S/C25H33N3O4/c1-31-22-10-8-20(16-23(22)32-2)21-9-11-24(29)28(26-21)17-18-12-14-27(15-13-18)25(30)19-6-4-3-5-7-19/h8-11,16,18-19H,3-7,12-15,17H2,1-2H3. The Balaban J connectivity index is 1.41. The van der Waals surface area contributed by atoms with Gasteiger partial charge in [0.1, 0.15) is 0 Å². The third kappa shape index (κ3) is 4.97. The molecule has 1 aliphatic carbocycles. The maximum Gasteiger partial charge on any atom is 0.266 e. The smallest absolute Gasteiger partial charge is 0.266 e. The second kappa shape index (κ2) is 10.2. The average Bonchev–Trinajstić information content (AvgIpc) is 2.85. The monoisotopic (exact) mass is 439 g/mol. The molecule has 1 saturated carbocycles. The molecule has 172 valence electrons. The lowest BCUT2D eigenvalue weighted by Crippen LogP contribution is -2.43. The number of methoxy groups -OCH3 is 2. The minimum atomic E-state index is -0.102. The molecule has 1 amide bonds. The molecule has 1 saturated heterocycles. The molecule has 2 heterocycles. The number of amides is 1. The maximum atomic E-state index is 12.8. The maximum absolute atomic E-state index is 12.8. The van der Waals surface area contributed by atoms with Crippen LogP contribution in [-0.4, -0.2) is 47.9 Å². The minimum Gasteiger partial charge on any atom is -0.493 e. The van der Waals surface area contributed by atoms with Crippen molar-refractivity contribution in [2.45, 2.75) is 51.5 Å². The molecule has 7 heteroatoms. The molecular formula is C25H33N3O4. The van der Waals surface area contributed by atoms with Crippen LogP contribution in [0, 0.1) is 11.8 Å². The van der Waals surface area contributed by atoms with Crippen LogP contribution in [0.15, 0.2) is 35.1 Å². The third-order valence-corrected chi connectivity index (χ3v) is 6.86. The van der Waals surface area contributed by atoms with Crippen LogP contribution in [0.1, 0.15) is 44.9 Å². The molecule has 0 bridgehead atoms. The number of hydrogen-bond donors (Lipinski definition) is 0. The molecule has 0 unspecified atom stereocenters. The van der Waals surface area contributed by atoms with Crippen LogP contribution in [0.5, 0.6) is 11.5 Å². The SMILES string of the molecule is COc1ccc(-c2ccc(=O)n(CC3CCN(C(=O)C4CCCCC4)CC3)n2)cc1OC. The van der Waals surface area contributed by atoms with Crippen molar-refractivity contribution < 1.29 is 14.3 Å². The summed E-state index contributed by atoms with van der Waals surface area (Å²) in [6, 6.07) is 8.93. The largest absolute Gasteiger partial charge is 0.493 e. The topological polar surface area (TPSA) is 73.7 Å². The van der Waals surface area contributed by atoms with Crippen molar-refractivity contribution in [1.29, 1.82) is 0 Å². The summed E-state index contributed by atoms with van der Waals surface area (Å²) in [6.45, 7) is 2.14. The molecule has 32 heavy (non-hydrogen) atoms. The summed E-state index contributed by atoms with van der Waals surface area (Å²) in [4.78, 5) is 27.3. The van der Waals surface area contributed by atoms with E-state index in [0.29, 0.717) is 29.9 Å². The molecule has 2 fully saturated rings. The molecule has 2 aromatic rings. The van der Waals surface area contributed by atoms with Crippen LogP contribution in [0.2, 0.25) is 0 Å². The summed E-state index contributed by atoms with van der Waals surface area (Å²) >= 11 is 0. The molecule has 1 aromatic carbocycles. The number of ether oxygens (including phenoxy) is 2. The van der Waals surface area contributed by atoms with Gasteiger partial charge in [0.15, 0.2) is 11.5 Å². The number of aromatic nitrogens is 2. The van der Waals surface area contributed by atoms with Gasteiger partial charge in [-0.15, -0.1) is 0 Å². The fourth-order valence-electron chi connectivity index (χ4n) is 4.92. The number of piperidine rings is 1. The van der Waals surface area contributed by atoms with E-state index in [1.165, 1.54) is 19.3 Å². The zero-order valence-corrected chi connectivity index (χ0v) is 19.1. The quantitative estimate of drug-likeness (QED) is 0.685. The third-order valence-electron chi connectivity index (χ3n) is 6.86. The van der Waals surface area contributed by atoms with Gasteiger partial charge in [-0.3, -0.25) is 9.59 Å². The Morgan fingerprint density at radius 2 is 1.69 bits per heavy atom. The van der Waals surface area contributed by atoms with Gasteiger partial charge in [-0.1, -0.05) is 19.3 Å². The summed E-state index contributed by atoms with van der Waals surface area (Å²) < 4.78 is 12.3. The summed E-state index contributed by atoms with van der Waals surface area (Å²) in [5.41, 5.74) is 1.48. The van der Waals surface area contributed by atoms with Crippen molar-refractivity contribution in [3.63, 3.8) is 0 Å². The van der Waals surface area contributed by atoms with Crippen molar-refractivity contribution in [2.24, 2.45) is 11.8 Å². The van der Waals surface area contributed by atoms with E-state index in [9.17, 15) is 9.59 Å². The number of hydrogen-bond acceptors (Lipinski definition) is 5. The number of nitrogens with zero attached hydrogens (tertiary/aromatic N) is 3. The molecular weight excluding hydrogens is 406 g/mol. The lowest BCUT2D eigenvalue weighted by Gasteiger charge is -2.35. The van der Waals surface area contributed by atoms with Crippen LogP contribution in [0.4, 0.5) is 0 Å². The normalized spacial score (nSPS) is 17.9. The second-order valence-electron chi connectivity index (χ2n) is 8.91. The van der Waals surface area contributed by atoms with Gasteiger partial charge >= 0.3 is 0 Å². The van der Waals surface area contributed by atoms with E-state index >= 15 is 0 Å². The molecule has 1 aliphatic heterocycles. The average molecular weight is 440 g/mol. The fourth-order valence-corrected chi connectivity index (χ4v) is 4.92. The Morgan fingerprint density at radius 3 is 2.38 bits per heavy atom. The summed E-state index contributed by atoms with van der Waals surface area (Å²) in [5.74, 6) is 2.19. The lowest BCUT2D eigenvalue weighted by atomic mass is 9.87. The van der Waals surface area contributed by atoms with Gasteiger partial charge in [0.05, 0.1) is 19.9 Å². The highest BCUT2D eigenvalue weighted by molar-refractivity contribution is 5.79. The second-order valence-corrected chi connectivity index (χ2v) is 8.91. The molecule has 1 aromatic heterocycles. The molecule has 0 spiro atoms. The number of carbonyl (C=O) groups is 1. The number of carbonyl (C=O) groups excluding carboxylic acids is 1. The first-order valence-electron chi connectivity index (χ1n) is 11.7. The Hall–Kier alpha value is -2.83. The first kappa shape index (κ1) is 22.4. The summed E-state index contributed by atoms with van der Waals surface area (Å²) in [6.07, 6.45) is 7.52. The number of benzene rings is 1. The number of rotatable bonds is 6. The van der Waals surface area contributed by atoms with Crippen LogP contribution in [0.25, 0.3) is 11.3 Å². The van der Waals surface area contributed by atoms with E-state index in [2.05, 4.69) is 5.10 Å². The Kier molecular flexibility index (Phi) is 7.12. The van der Waals surface area contributed by atoms with E-state index < -0.39 is 0 Å². The van der Waals surface area contributed by atoms with Crippen molar-refractivity contribution in [1.82, 2.24) is 14.7 Å². The van der Waals surface area contributed by atoms with Gasteiger partial charge in [0.25, 0.3) is 5.56 Å². The first-order valence-corrected chi connectivity index (χ1v) is 11.7. The predicted octanol–water partition coefficient (Wildman–Crippen LogP) is 3.75. The van der Waals surface area contributed by atoms with Gasteiger partial charge in [-0.05, 0) is 55.9 Å². The van der Waals surface area contributed by atoms with Gasteiger partial charge in [0, 0.05) is 37.2 Å². The van der Waals surface area contributed by atoms with Crippen LogP contribution in [-0.2, 0) is 11.3 Å². The van der Waals surface area contributed by atoms with Crippen LogP contribution in [0.3, 0.4) is 0 Å². The van der Waals surface area contributed by atoms with Crippen LogP contribution >= 0.6 is 0 Å². The molecule has 0 atom stereocenters. The lowest BCUT2D eigenvalue weighted by molar-refractivity contribution is -0.138. The highest BCUT2D eigenvalue weighted by Crippen LogP contribution is 2.31. The minimum absolute atomic E-state index is 0.102. The molecule has 7 nitrogen and oxygen atoms in total. The molecule has 0 radical (unpaired) electrons. The van der Waals surface area contributed by atoms with Gasteiger partial charge in [-0.25, -0.2) is 4.68 Å². The highest BCUT2D eigenvalue weighted by atomic mass is 16.5. The predicted molar refractivity (Wildman–Crippen MR) is 123 cm³/mol. The van der Waals surface area contributed by atoms with Crippen molar-refractivity contribution >= 4 is 5.91 Å². The van der Waals surface area contributed by atoms with Crippen molar-refractivity contribution in [2.75, 3.05) is 27.3 Å². The zero-order valence-electron chi connectivity index (χ0n) is 19.1. The number of likely N-dealkylation sites (tertiary alicyclic amines) is 1. The summed E-state index contributed by atoms with van der Waals surface area (Å²) in [7, 11) is 3.20. The van der Waals surface area contributed by atoms with E-state index in [0.717, 1.165) is 50.0 Å². The fraction of sp³-hybridized carbons (Fsp3) is 0.560. The first-order chi connectivity index (χ1) is 15.6. The van der Waals surface area contributed by atoms with E-state index in [1.807, 2.05) is 23.1 Å². The molecule has 4 rings (SSSR count). The Bertz CT molecular complexity index is 989. The van der Waals surface area contributed by atoms with Crippen molar-refractivity contribution in [3.05, 3.63) is 40.7 Å². The van der Waals surface area contributed by atoms with E-state index in [1.54, 1.807) is 31.0 Å². The summed E-state index contributed by atoms with van der Waals surface area (Å²) in [5, 5.41) is 4.62. The van der Waals surface area contributed by atoms with Gasteiger partial charge in [-0.2, -0.15) is 5.10 Å². The Labute approximate surface area is 189 Å². The zero-order chi connectivity index (χ0) is 22.5. The molecule has 0 N–H and O–H groups in total. The highest BCUT2D eigenvalue weighted by Gasteiger charge is 2.29. The van der Waals surface area contributed by atoms with Gasteiger partial charge in [0.2, 0.25) is 5.91 Å². The van der Waals surface area contributed by atoms with E-state index in [-0.39, 0.29) is 11.5 Å².